The normalized spacial score (nSPS) is 13.5. The summed E-state index contributed by atoms with van der Waals surface area (Å²) in [6.07, 6.45) is 8.54. The summed E-state index contributed by atoms with van der Waals surface area (Å²) in [5.74, 6) is -0.640. The van der Waals surface area contributed by atoms with Crippen LogP contribution in [0.25, 0.3) is 0 Å². The molecule has 0 aromatic heterocycles. The molecule has 6 heteroatoms. The molecule has 0 radical (unpaired) electrons. The highest BCUT2D eigenvalue weighted by Crippen LogP contribution is 2.19. The van der Waals surface area contributed by atoms with Crippen molar-refractivity contribution in [3.63, 3.8) is 0 Å². The molecule has 0 bridgehead atoms. The van der Waals surface area contributed by atoms with Crippen LogP contribution in [0.2, 0.25) is 0 Å². The van der Waals surface area contributed by atoms with Crippen LogP contribution in [-0.2, 0) is 19.1 Å². The largest absolute Gasteiger partial charge is 0.465 e. The number of rotatable bonds is 13. The summed E-state index contributed by atoms with van der Waals surface area (Å²) in [4.78, 5) is 23.8. The quantitative estimate of drug-likeness (QED) is 0.146. The van der Waals surface area contributed by atoms with E-state index in [4.69, 9.17) is 9.47 Å². The lowest BCUT2D eigenvalue weighted by atomic mass is 10.2. The Hall–Kier alpha value is 0.400. The maximum absolute atomic E-state index is 11.9. The molecule has 0 amide bonds. The summed E-state index contributed by atoms with van der Waals surface area (Å²) in [6, 6.07) is 0. The minimum atomic E-state index is -0.493. The number of esters is 2. The second-order valence-corrected chi connectivity index (χ2v) is 7.94. The molecule has 2 unspecified atom stereocenters. The van der Waals surface area contributed by atoms with Crippen molar-refractivity contribution in [1.82, 2.24) is 0 Å². The predicted octanol–water partition coefficient (Wildman–Crippen LogP) is 4.84. The van der Waals surface area contributed by atoms with Gasteiger partial charge < -0.3 is 9.47 Å². The molecule has 4 nitrogen and oxygen atoms in total. The molecule has 0 N–H and O–H groups in total. The van der Waals surface area contributed by atoms with Crippen molar-refractivity contribution in [2.75, 3.05) is 13.2 Å². The van der Waals surface area contributed by atoms with Crippen LogP contribution in [0.1, 0.15) is 65.2 Å². The van der Waals surface area contributed by atoms with Crippen molar-refractivity contribution in [3.8, 4) is 0 Å². The molecule has 0 saturated carbocycles. The van der Waals surface area contributed by atoms with Crippen LogP contribution in [0.4, 0.5) is 0 Å². The Morgan fingerprint density at radius 2 is 1.09 bits per heavy atom. The highest BCUT2D eigenvalue weighted by atomic mass is 127. The van der Waals surface area contributed by atoms with Crippen LogP contribution in [0.5, 0.6) is 0 Å². The van der Waals surface area contributed by atoms with Crippen molar-refractivity contribution in [2.45, 2.75) is 73.1 Å². The molecule has 0 aliphatic rings. The fourth-order valence-corrected chi connectivity index (χ4v) is 2.75. The summed E-state index contributed by atoms with van der Waals surface area (Å²) in [5, 5.41) is 0. The molecule has 0 heterocycles. The minimum absolute atomic E-state index is 0.320. The van der Waals surface area contributed by atoms with Gasteiger partial charge in [-0.05, 0) is 12.8 Å². The molecule has 2 atom stereocenters. The third kappa shape index (κ3) is 11.0. The summed E-state index contributed by atoms with van der Waals surface area (Å²) >= 11 is 3.94. The van der Waals surface area contributed by atoms with Gasteiger partial charge in [-0.15, -0.1) is 0 Å². The zero-order valence-corrected chi connectivity index (χ0v) is 17.9. The number of alkyl halides is 2. The number of ether oxygens (including phenoxy) is 2. The van der Waals surface area contributed by atoms with Crippen molar-refractivity contribution in [3.05, 3.63) is 0 Å². The third-order valence-corrected chi connectivity index (χ3v) is 7.02. The molecule has 22 heavy (non-hydrogen) atoms. The number of hydrogen-bond donors (Lipinski definition) is 0. The van der Waals surface area contributed by atoms with E-state index in [-0.39, 0.29) is 11.9 Å². The second-order valence-electron chi connectivity index (χ2n) is 5.26. The summed E-state index contributed by atoms with van der Waals surface area (Å²) in [6.45, 7) is 5.16. The number of carbonyl (C=O) groups excluding carboxylic acids is 2. The van der Waals surface area contributed by atoms with Crippen molar-refractivity contribution >= 4 is 57.1 Å². The first-order valence-corrected chi connectivity index (χ1v) is 10.6. The molecule has 0 aromatic rings. The molecule has 130 valence electrons. The fourth-order valence-electron chi connectivity index (χ4n) is 1.80. The topological polar surface area (TPSA) is 52.6 Å². The average Bonchev–Trinajstić information content (AvgIpc) is 2.52. The molecule has 0 aliphatic heterocycles. The van der Waals surface area contributed by atoms with Crippen LogP contribution in [0, 0.1) is 0 Å². The first-order valence-electron chi connectivity index (χ1n) is 8.16. The highest BCUT2D eigenvalue weighted by Gasteiger charge is 2.31. The molecule has 0 aliphatic carbocycles. The van der Waals surface area contributed by atoms with Gasteiger partial charge in [-0.1, -0.05) is 97.6 Å². The molecular weight excluding hydrogens is 510 g/mol. The molecule has 0 spiro atoms. The van der Waals surface area contributed by atoms with Gasteiger partial charge in [0, 0.05) is 0 Å². The molecular formula is C16H28I2O4. The van der Waals surface area contributed by atoms with Crippen molar-refractivity contribution in [1.29, 1.82) is 0 Å². The van der Waals surface area contributed by atoms with E-state index in [1.807, 2.05) is 45.2 Å². The van der Waals surface area contributed by atoms with E-state index >= 15 is 0 Å². The second kappa shape index (κ2) is 15.0. The lowest BCUT2D eigenvalue weighted by Crippen LogP contribution is -2.33. The predicted molar refractivity (Wildman–Crippen MR) is 106 cm³/mol. The fraction of sp³-hybridized carbons (Fsp3) is 0.875. The van der Waals surface area contributed by atoms with Gasteiger partial charge in [0.05, 0.1) is 13.2 Å². The monoisotopic (exact) mass is 538 g/mol. The van der Waals surface area contributed by atoms with E-state index in [2.05, 4.69) is 13.8 Å². The minimum Gasteiger partial charge on any atom is -0.465 e. The maximum atomic E-state index is 11.9. The lowest BCUT2D eigenvalue weighted by molar-refractivity contribution is -0.148. The van der Waals surface area contributed by atoms with E-state index in [0.717, 1.165) is 51.4 Å². The molecule has 0 aromatic carbocycles. The summed E-state index contributed by atoms with van der Waals surface area (Å²) < 4.78 is 9.45. The smallest absolute Gasteiger partial charge is 0.320 e. The van der Waals surface area contributed by atoms with E-state index in [0.29, 0.717) is 13.2 Å². The van der Waals surface area contributed by atoms with Gasteiger partial charge in [-0.3, -0.25) is 9.59 Å². The van der Waals surface area contributed by atoms with Crippen molar-refractivity contribution < 1.29 is 19.1 Å². The first kappa shape index (κ1) is 22.4. The van der Waals surface area contributed by atoms with Gasteiger partial charge in [0.2, 0.25) is 0 Å². The Morgan fingerprint density at radius 3 is 1.41 bits per heavy atom. The Labute approximate surface area is 161 Å². The zero-order valence-electron chi connectivity index (χ0n) is 13.6. The lowest BCUT2D eigenvalue weighted by Gasteiger charge is -2.15. The zero-order chi connectivity index (χ0) is 16.8. The Bertz CT molecular complexity index is 281. The van der Waals surface area contributed by atoms with Crippen LogP contribution < -0.4 is 0 Å². The van der Waals surface area contributed by atoms with Crippen LogP contribution >= 0.6 is 45.2 Å². The van der Waals surface area contributed by atoms with E-state index < -0.39 is 7.85 Å². The third-order valence-electron chi connectivity index (χ3n) is 3.19. The van der Waals surface area contributed by atoms with Gasteiger partial charge in [0.15, 0.2) is 0 Å². The molecule has 0 rings (SSSR count). The standard InChI is InChI=1S/C16H28I2O4/c1-3-5-7-9-11-21-15(19)13(17)14(18)16(20)22-12-10-8-6-4-2/h13-14H,3-12H2,1-2H3. The van der Waals surface area contributed by atoms with E-state index in [1.54, 1.807) is 0 Å². The number of halogens is 2. The maximum Gasteiger partial charge on any atom is 0.320 e. The first-order chi connectivity index (χ1) is 10.5. The van der Waals surface area contributed by atoms with Crippen LogP contribution in [0.3, 0.4) is 0 Å². The van der Waals surface area contributed by atoms with Gasteiger partial charge in [0.25, 0.3) is 0 Å². The van der Waals surface area contributed by atoms with Crippen LogP contribution in [0.15, 0.2) is 0 Å². The highest BCUT2D eigenvalue weighted by molar-refractivity contribution is 14.1. The summed E-state index contributed by atoms with van der Waals surface area (Å²) in [5.41, 5.74) is 0. The van der Waals surface area contributed by atoms with Gasteiger partial charge >= 0.3 is 11.9 Å². The number of hydrogen-bond acceptors (Lipinski definition) is 4. The van der Waals surface area contributed by atoms with Crippen molar-refractivity contribution in [2.24, 2.45) is 0 Å². The van der Waals surface area contributed by atoms with Gasteiger partial charge in [-0.2, -0.15) is 0 Å². The Balaban J connectivity index is 3.88. The Kier molecular flexibility index (Phi) is 15.2. The molecule has 0 fully saturated rings. The van der Waals surface area contributed by atoms with Gasteiger partial charge in [0.1, 0.15) is 7.85 Å². The average molecular weight is 538 g/mol. The van der Waals surface area contributed by atoms with E-state index in [1.165, 1.54) is 0 Å². The Morgan fingerprint density at radius 1 is 0.727 bits per heavy atom. The molecule has 0 saturated heterocycles. The van der Waals surface area contributed by atoms with Crippen LogP contribution in [-0.4, -0.2) is 33.0 Å². The summed E-state index contributed by atoms with van der Waals surface area (Å²) in [7, 11) is 0. The van der Waals surface area contributed by atoms with E-state index in [9.17, 15) is 9.59 Å². The number of carbonyl (C=O) groups is 2. The van der Waals surface area contributed by atoms with Gasteiger partial charge in [-0.25, -0.2) is 0 Å². The SMILES string of the molecule is CCCCCCOC(=O)C(I)C(I)C(=O)OCCCCCC. The number of unbranched alkanes of at least 4 members (excludes halogenated alkanes) is 6.